The average Bonchev–Trinajstić information content (AvgIpc) is 3.26. The summed E-state index contributed by atoms with van der Waals surface area (Å²) in [5, 5.41) is 0. The van der Waals surface area contributed by atoms with Gasteiger partial charge in [-0.1, -0.05) is 110 Å². The molecule has 4 nitrogen and oxygen atoms in total. The van der Waals surface area contributed by atoms with Crippen LogP contribution in [-0.4, -0.2) is 36.0 Å². The summed E-state index contributed by atoms with van der Waals surface area (Å²) in [6.07, 6.45) is 23.9. The number of esters is 1. The summed E-state index contributed by atoms with van der Waals surface area (Å²) >= 11 is 0. The van der Waals surface area contributed by atoms with Gasteiger partial charge in [0, 0.05) is 13.0 Å². The van der Waals surface area contributed by atoms with Crippen molar-refractivity contribution in [1.29, 1.82) is 0 Å². The molecule has 0 N–H and O–H groups in total. The van der Waals surface area contributed by atoms with Crippen molar-refractivity contribution < 1.29 is 14.3 Å². The zero-order valence-corrected chi connectivity index (χ0v) is 20.8. The molecular formula is C27H51NO3. The zero-order chi connectivity index (χ0) is 22.6. The number of hydrogen-bond acceptors (Lipinski definition) is 3. The predicted octanol–water partition coefficient (Wildman–Crippen LogP) is 7.58. The Morgan fingerprint density at radius 2 is 1.19 bits per heavy atom. The number of carbonyl (C=O) groups is 2. The molecule has 1 aliphatic rings. The van der Waals surface area contributed by atoms with E-state index in [0.29, 0.717) is 19.6 Å². The number of likely N-dealkylation sites (tertiary alicyclic amines) is 1. The van der Waals surface area contributed by atoms with Gasteiger partial charge in [0.25, 0.3) is 0 Å². The highest BCUT2D eigenvalue weighted by Gasteiger charge is 2.34. The Morgan fingerprint density at radius 3 is 1.74 bits per heavy atom. The molecule has 182 valence electrons. The number of nitrogens with zero attached hydrogens (tertiary/aromatic N) is 1. The highest BCUT2D eigenvalue weighted by atomic mass is 16.5. The Kier molecular flexibility index (Phi) is 17.7. The van der Waals surface area contributed by atoms with Crippen molar-refractivity contribution in [2.45, 2.75) is 148 Å². The first-order valence-corrected chi connectivity index (χ1v) is 13.7. The molecule has 1 heterocycles. The van der Waals surface area contributed by atoms with E-state index in [1.54, 1.807) is 4.90 Å². The highest BCUT2D eigenvalue weighted by Crippen LogP contribution is 2.21. The molecule has 1 atom stereocenters. The van der Waals surface area contributed by atoms with Crippen molar-refractivity contribution in [3.05, 3.63) is 0 Å². The van der Waals surface area contributed by atoms with E-state index in [2.05, 4.69) is 13.8 Å². The summed E-state index contributed by atoms with van der Waals surface area (Å²) in [5.74, 6) is -0.0552. The summed E-state index contributed by atoms with van der Waals surface area (Å²) in [6, 6.07) is -0.333. The molecule has 0 aromatic rings. The van der Waals surface area contributed by atoms with Gasteiger partial charge in [-0.3, -0.25) is 4.79 Å². The molecule has 1 fully saturated rings. The lowest BCUT2D eigenvalue weighted by Gasteiger charge is -2.23. The molecule has 0 aromatic heterocycles. The third-order valence-electron chi connectivity index (χ3n) is 6.58. The van der Waals surface area contributed by atoms with Gasteiger partial charge in [-0.05, 0) is 25.7 Å². The van der Waals surface area contributed by atoms with Crippen molar-refractivity contribution >= 4 is 11.9 Å². The van der Waals surface area contributed by atoms with Crippen LogP contribution in [0.15, 0.2) is 0 Å². The van der Waals surface area contributed by atoms with Crippen molar-refractivity contribution in [1.82, 2.24) is 4.90 Å². The normalized spacial score (nSPS) is 16.1. The lowest BCUT2D eigenvalue weighted by atomic mass is 10.0. The van der Waals surface area contributed by atoms with E-state index >= 15 is 0 Å². The first-order valence-electron chi connectivity index (χ1n) is 13.7. The zero-order valence-electron chi connectivity index (χ0n) is 20.8. The van der Waals surface area contributed by atoms with Gasteiger partial charge >= 0.3 is 5.97 Å². The van der Waals surface area contributed by atoms with Gasteiger partial charge in [0.1, 0.15) is 6.04 Å². The van der Waals surface area contributed by atoms with Crippen molar-refractivity contribution in [3.63, 3.8) is 0 Å². The van der Waals surface area contributed by atoms with E-state index < -0.39 is 0 Å². The second kappa shape index (κ2) is 19.6. The lowest BCUT2D eigenvalue weighted by Crippen LogP contribution is -2.41. The van der Waals surface area contributed by atoms with Crippen LogP contribution in [0.25, 0.3) is 0 Å². The fourth-order valence-electron chi connectivity index (χ4n) is 4.55. The van der Waals surface area contributed by atoms with Gasteiger partial charge in [0.15, 0.2) is 0 Å². The Bertz CT molecular complexity index is 452. The van der Waals surface area contributed by atoms with E-state index in [1.807, 2.05) is 0 Å². The molecular weight excluding hydrogens is 386 g/mol. The summed E-state index contributed by atoms with van der Waals surface area (Å²) in [7, 11) is 0. The van der Waals surface area contributed by atoms with Crippen molar-refractivity contribution in [2.24, 2.45) is 0 Å². The molecule has 0 bridgehead atoms. The maximum Gasteiger partial charge on any atom is 0.328 e. The molecule has 1 saturated heterocycles. The highest BCUT2D eigenvalue weighted by molar-refractivity contribution is 5.85. The molecule has 0 saturated carbocycles. The molecule has 1 unspecified atom stereocenters. The van der Waals surface area contributed by atoms with Crippen LogP contribution in [0, 0.1) is 0 Å². The molecule has 0 aromatic carbocycles. The van der Waals surface area contributed by atoms with Gasteiger partial charge < -0.3 is 9.64 Å². The number of carbonyl (C=O) groups excluding carboxylic acids is 2. The molecule has 1 amide bonds. The van der Waals surface area contributed by atoms with Gasteiger partial charge in [-0.25, -0.2) is 4.79 Å². The number of rotatable bonds is 20. The van der Waals surface area contributed by atoms with Gasteiger partial charge in [0.05, 0.1) is 6.61 Å². The summed E-state index contributed by atoms with van der Waals surface area (Å²) in [6.45, 7) is 5.63. The van der Waals surface area contributed by atoms with Crippen LogP contribution in [0.1, 0.15) is 142 Å². The monoisotopic (exact) mass is 437 g/mol. The minimum atomic E-state index is -0.333. The molecule has 0 spiro atoms. The van der Waals surface area contributed by atoms with Gasteiger partial charge in [-0.2, -0.15) is 0 Å². The topological polar surface area (TPSA) is 46.6 Å². The molecule has 0 aliphatic carbocycles. The Balaban J connectivity index is 1.94. The maximum atomic E-state index is 12.4. The number of unbranched alkanes of at least 4 members (excludes halogenated alkanes) is 15. The fraction of sp³-hybridized carbons (Fsp3) is 0.926. The Labute approximate surface area is 192 Å². The number of amides is 1. The maximum absolute atomic E-state index is 12.4. The lowest BCUT2D eigenvalue weighted by molar-refractivity contribution is -0.153. The van der Waals surface area contributed by atoms with E-state index in [0.717, 1.165) is 44.9 Å². The third-order valence-corrected chi connectivity index (χ3v) is 6.58. The van der Waals surface area contributed by atoms with E-state index in [9.17, 15) is 9.59 Å². The third kappa shape index (κ3) is 13.9. The average molecular weight is 438 g/mol. The second-order valence-corrected chi connectivity index (χ2v) is 9.47. The van der Waals surface area contributed by atoms with Gasteiger partial charge in [0.2, 0.25) is 5.91 Å². The van der Waals surface area contributed by atoms with Crippen LogP contribution in [0.3, 0.4) is 0 Å². The largest absolute Gasteiger partial charge is 0.464 e. The van der Waals surface area contributed by atoms with Crippen LogP contribution in [0.5, 0.6) is 0 Å². The van der Waals surface area contributed by atoms with E-state index in [-0.39, 0.29) is 17.9 Å². The number of ether oxygens (including phenoxy) is 1. The standard InChI is InChI=1S/C27H51NO3/c1-3-5-7-8-9-10-11-12-13-14-15-16-17-19-24-31-27(30)25-21-20-23-28(25)26(29)22-18-6-4-2/h25H,3-24H2,1-2H3. The number of hydrogen-bond donors (Lipinski definition) is 0. The molecule has 4 heteroatoms. The van der Waals surface area contributed by atoms with Gasteiger partial charge in [-0.15, -0.1) is 0 Å². The molecule has 0 radical (unpaired) electrons. The minimum Gasteiger partial charge on any atom is -0.464 e. The van der Waals surface area contributed by atoms with Crippen LogP contribution < -0.4 is 0 Å². The Morgan fingerprint density at radius 1 is 0.710 bits per heavy atom. The van der Waals surface area contributed by atoms with Crippen molar-refractivity contribution in [2.75, 3.05) is 13.2 Å². The molecule has 1 rings (SSSR count). The summed E-state index contributed by atoms with van der Waals surface area (Å²) < 4.78 is 5.51. The predicted molar refractivity (Wildman–Crippen MR) is 130 cm³/mol. The van der Waals surface area contributed by atoms with Crippen LogP contribution in [-0.2, 0) is 14.3 Å². The molecule has 31 heavy (non-hydrogen) atoms. The fourth-order valence-corrected chi connectivity index (χ4v) is 4.55. The first kappa shape index (κ1) is 28.0. The second-order valence-electron chi connectivity index (χ2n) is 9.47. The minimum absolute atomic E-state index is 0.129. The van der Waals surface area contributed by atoms with Crippen molar-refractivity contribution in [3.8, 4) is 0 Å². The van der Waals surface area contributed by atoms with Crippen LogP contribution in [0.4, 0.5) is 0 Å². The summed E-state index contributed by atoms with van der Waals surface area (Å²) in [5.41, 5.74) is 0. The smallest absolute Gasteiger partial charge is 0.328 e. The van der Waals surface area contributed by atoms with E-state index in [1.165, 1.54) is 77.0 Å². The Hall–Kier alpha value is -1.06. The van der Waals surface area contributed by atoms with E-state index in [4.69, 9.17) is 4.74 Å². The molecule has 1 aliphatic heterocycles. The first-order chi connectivity index (χ1) is 15.2. The quantitative estimate of drug-likeness (QED) is 0.146. The summed E-state index contributed by atoms with van der Waals surface area (Å²) in [4.78, 5) is 26.5. The van der Waals surface area contributed by atoms with Crippen LogP contribution in [0.2, 0.25) is 0 Å². The SMILES string of the molecule is CCCCCCCCCCCCCCCCOC(=O)C1CCCN1C(=O)CCCCC. The van der Waals surface area contributed by atoms with Crippen LogP contribution >= 0.6 is 0 Å².